The van der Waals surface area contributed by atoms with Crippen molar-refractivity contribution in [3.05, 3.63) is 59.5 Å². The van der Waals surface area contributed by atoms with Crippen molar-refractivity contribution in [1.29, 1.82) is 0 Å². The van der Waals surface area contributed by atoms with Crippen molar-refractivity contribution in [2.24, 2.45) is 0 Å². The highest BCUT2D eigenvalue weighted by atomic mass is 32.2. The molecule has 0 spiro atoms. The Morgan fingerprint density at radius 1 is 1.00 bits per heavy atom. The maximum absolute atomic E-state index is 5.78. The van der Waals surface area contributed by atoms with Gasteiger partial charge in [-0.05, 0) is 35.7 Å². The van der Waals surface area contributed by atoms with E-state index in [1.165, 1.54) is 19.9 Å². The Morgan fingerprint density at radius 3 is 2.72 bits per heavy atom. The summed E-state index contributed by atoms with van der Waals surface area (Å²) >= 11 is 3.70. The number of thiophene rings is 1. The summed E-state index contributed by atoms with van der Waals surface area (Å²) in [6.45, 7) is 0. The van der Waals surface area contributed by atoms with Gasteiger partial charge in [0.15, 0.2) is 0 Å². The minimum atomic E-state index is 0.830. The normalized spacial score (nSPS) is 10.9. The highest BCUT2D eigenvalue weighted by molar-refractivity contribution is 7.98. The van der Waals surface area contributed by atoms with E-state index in [4.69, 9.17) is 5.73 Å². The molecule has 0 radical (unpaired) electrons. The molecule has 3 heteroatoms. The predicted molar refractivity (Wildman–Crippen MR) is 82.2 cm³/mol. The van der Waals surface area contributed by atoms with Crippen LogP contribution in [0.5, 0.6) is 0 Å². The van der Waals surface area contributed by atoms with E-state index in [2.05, 4.69) is 36.4 Å². The number of anilines is 1. The average molecular weight is 271 g/mol. The standard InChI is InChI=1S/C15H13NS2/c16-12-5-3-6-13(9-12)17-10-14-8-11-4-1-2-7-15(11)18-14/h1-9H,10,16H2. The number of nitrogens with two attached hydrogens (primary N) is 1. The van der Waals surface area contributed by atoms with Crippen molar-refractivity contribution in [3.63, 3.8) is 0 Å². The highest BCUT2D eigenvalue weighted by Crippen LogP contribution is 2.31. The van der Waals surface area contributed by atoms with E-state index in [0.717, 1.165) is 11.4 Å². The van der Waals surface area contributed by atoms with Crippen molar-refractivity contribution in [2.45, 2.75) is 10.6 Å². The van der Waals surface area contributed by atoms with Gasteiger partial charge in [-0.15, -0.1) is 23.1 Å². The fourth-order valence-corrected chi connectivity index (χ4v) is 3.93. The number of benzene rings is 2. The summed E-state index contributed by atoms with van der Waals surface area (Å²) in [6.07, 6.45) is 0. The van der Waals surface area contributed by atoms with Gasteiger partial charge in [-0.1, -0.05) is 24.3 Å². The van der Waals surface area contributed by atoms with Gasteiger partial charge in [-0.3, -0.25) is 0 Å². The lowest BCUT2D eigenvalue weighted by Gasteiger charge is -2.00. The van der Waals surface area contributed by atoms with E-state index in [1.54, 1.807) is 0 Å². The molecular weight excluding hydrogens is 258 g/mol. The molecule has 1 aromatic heterocycles. The Bertz CT molecular complexity index is 640. The first kappa shape index (κ1) is 11.6. The lowest BCUT2D eigenvalue weighted by Crippen LogP contribution is -1.83. The van der Waals surface area contributed by atoms with E-state index in [0.29, 0.717) is 0 Å². The molecule has 3 aromatic rings. The zero-order valence-corrected chi connectivity index (χ0v) is 11.4. The molecule has 0 aliphatic heterocycles. The maximum atomic E-state index is 5.78. The van der Waals surface area contributed by atoms with Crippen LogP contribution in [0.1, 0.15) is 4.88 Å². The number of hydrogen-bond donors (Lipinski definition) is 1. The smallest absolute Gasteiger partial charge is 0.0345 e. The molecule has 2 N–H and O–H groups in total. The molecule has 0 atom stereocenters. The molecule has 0 fully saturated rings. The summed E-state index contributed by atoms with van der Waals surface area (Å²) < 4.78 is 1.36. The molecule has 0 aliphatic rings. The first-order chi connectivity index (χ1) is 8.81. The minimum Gasteiger partial charge on any atom is -0.399 e. The molecule has 0 amide bonds. The quantitative estimate of drug-likeness (QED) is 0.548. The largest absolute Gasteiger partial charge is 0.399 e. The Morgan fingerprint density at radius 2 is 1.89 bits per heavy atom. The van der Waals surface area contributed by atoms with Gasteiger partial charge >= 0.3 is 0 Å². The van der Waals surface area contributed by atoms with Crippen LogP contribution in [-0.2, 0) is 5.75 Å². The summed E-state index contributed by atoms with van der Waals surface area (Å²) in [5, 5.41) is 1.34. The maximum Gasteiger partial charge on any atom is 0.0345 e. The second-order valence-corrected chi connectivity index (χ2v) is 6.33. The zero-order chi connectivity index (χ0) is 12.4. The van der Waals surface area contributed by atoms with Gasteiger partial charge in [0.05, 0.1) is 0 Å². The van der Waals surface area contributed by atoms with Crippen molar-refractivity contribution < 1.29 is 0 Å². The summed E-state index contributed by atoms with van der Waals surface area (Å²) in [5.74, 6) is 1.00. The van der Waals surface area contributed by atoms with Crippen LogP contribution >= 0.6 is 23.1 Å². The number of rotatable bonds is 3. The van der Waals surface area contributed by atoms with Crippen LogP contribution in [0.3, 0.4) is 0 Å². The van der Waals surface area contributed by atoms with Crippen molar-refractivity contribution in [1.82, 2.24) is 0 Å². The molecule has 3 rings (SSSR count). The molecule has 0 unspecified atom stereocenters. The van der Waals surface area contributed by atoms with Crippen LogP contribution in [-0.4, -0.2) is 0 Å². The monoisotopic (exact) mass is 271 g/mol. The van der Waals surface area contributed by atoms with Gasteiger partial charge in [-0.2, -0.15) is 0 Å². The Balaban J connectivity index is 1.76. The Kier molecular flexibility index (Phi) is 3.26. The predicted octanol–water partition coefficient (Wildman–Crippen LogP) is 4.78. The molecule has 0 aliphatic carbocycles. The molecule has 0 bridgehead atoms. The SMILES string of the molecule is Nc1cccc(SCc2cc3ccccc3s2)c1. The van der Waals surface area contributed by atoms with E-state index in [-0.39, 0.29) is 0 Å². The lowest BCUT2D eigenvalue weighted by atomic mass is 10.2. The first-order valence-electron chi connectivity index (χ1n) is 5.77. The number of thioether (sulfide) groups is 1. The summed E-state index contributed by atoms with van der Waals surface area (Å²) in [7, 11) is 0. The van der Waals surface area contributed by atoms with Crippen molar-refractivity contribution in [2.75, 3.05) is 5.73 Å². The number of nitrogen functional groups attached to an aromatic ring is 1. The summed E-state index contributed by atoms with van der Waals surface area (Å²) in [5.41, 5.74) is 6.61. The topological polar surface area (TPSA) is 26.0 Å². The van der Waals surface area contributed by atoms with Crippen LogP contribution in [0.15, 0.2) is 59.5 Å². The summed E-state index contributed by atoms with van der Waals surface area (Å²) in [6, 6.07) is 18.9. The van der Waals surface area contributed by atoms with E-state index in [9.17, 15) is 0 Å². The number of hydrogen-bond acceptors (Lipinski definition) is 3. The molecule has 2 aromatic carbocycles. The first-order valence-corrected chi connectivity index (χ1v) is 7.57. The molecule has 90 valence electrons. The third kappa shape index (κ3) is 2.52. The van der Waals surface area contributed by atoms with Crippen LogP contribution in [0.25, 0.3) is 10.1 Å². The van der Waals surface area contributed by atoms with Crippen LogP contribution in [0.4, 0.5) is 5.69 Å². The second-order valence-electron chi connectivity index (χ2n) is 4.11. The van der Waals surface area contributed by atoms with Crippen LogP contribution < -0.4 is 5.73 Å². The van der Waals surface area contributed by atoms with Gasteiger partial charge in [0.2, 0.25) is 0 Å². The fraction of sp³-hybridized carbons (Fsp3) is 0.0667. The Labute approximate surface area is 115 Å². The zero-order valence-electron chi connectivity index (χ0n) is 9.80. The molecule has 0 saturated carbocycles. The third-order valence-corrected chi connectivity index (χ3v) is 5.06. The van der Waals surface area contributed by atoms with Gasteiger partial charge in [0.1, 0.15) is 0 Å². The third-order valence-electron chi connectivity index (χ3n) is 2.72. The Hall–Kier alpha value is -1.45. The summed E-state index contributed by atoms with van der Waals surface area (Å²) in [4.78, 5) is 2.64. The lowest BCUT2D eigenvalue weighted by molar-refractivity contribution is 1.43. The highest BCUT2D eigenvalue weighted by Gasteiger charge is 2.02. The van der Waals surface area contributed by atoms with Gasteiger partial charge in [0.25, 0.3) is 0 Å². The second kappa shape index (κ2) is 5.04. The van der Waals surface area contributed by atoms with Gasteiger partial charge in [-0.25, -0.2) is 0 Å². The van der Waals surface area contributed by atoms with E-state index >= 15 is 0 Å². The molecule has 18 heavy (non-hydrogen) atoms. The van der Waals surface area contributed by atoms with Gasteiger partial charge < -0.3 is 5.73 Å². The van der Waals surface area contributed by atoms with Crippen molar-refractivity contribution >= 4 is 38.9 Å². The van der Waals surface area contributed by atoms with E-state index in [1.807, 2.05) is 41.3 Å². The fourth-order valence-electron chi connectivity index (χ4n) is 1.87. The van der Waals surface area contributed by atoms with Crippen molar-refractivity contribution in [3.8, 4) is 0 Å². The molecule has 0 saturated heterocycles. The van der Waals surface area contributed by atoms with E-state index < -0.39 is 0 Å². The molecule has 1 nitrogen and oxygen atoms in total. The minimum absolute atomic E-state index is 0.830. The molecule has 1 heterocycles. The number of fused-ring (bicyclic) bond motifs is 1. The van der Waals surface area contributed by atoms with Crippen LogP contribution in [0, 0.1) is 0 Å². The average Bonchev–Trinajstić information content (AvgIpc) is 2.79. The van der Waals surface area contributed by atoms with Crippen LogP contribution in [0.2, 0.25) is 0 Å². The van der Waals surface area contributed by atoms with Gasteiger partial charge in [0, 0.05) is 25.9 Å². The molecular formula is C15H13NS2.